The van der Waals surface area contributed by atoms with Gasteiger partial charge in [-0.3, -0.25) is 0 Å². The quantitative estimate of drug-likeness (QED) is 0.579. The first kappa shape index (κ1) is 13.9. The Morgan fingerprint density at radius 2 is 2.00 bits per heavy atom. The van der Waals surface area contributed by atoms with Crippen molar-refractivity contribution < 1.29 is 4.74 Å². The van der Waals surface area contributed by atoms with Gasteiger partial charge in [0.1, 0.15) is 0 Å². The maximum absolute atomic E-state index is 5.08. The molecule has 2 nitrogen and oxygen atoms in total. The maximum atomic E-state index is 5.08. The number of nitrogens with one attached hydrogen (secondary N) is 1. The monoisotopic (exact) mass is 201 g/mol. The fourth-order valence-corrected chi connectivity index (χ4v) is 1.84. The lowest BCUT2D eigenvalue weighted by atomic mass is 9.93. The molecule has 0 saturated heterocycles. The van der Waals surface area contributed by atoms with E-state index in [1.54, 1.807) is 7.11 Å². The van der Waals surface area contributed by atoms with Crippen LogP contribution in [0.1, 0.15) is 46.5 Å². The Morgan fingerprint density at radius 3 is 2.50 bits per heavy atom. The lowest BCUT2D eigenvalue weighted by molar-refractivity contribution is 0.182. The van der Waals surface area contributed by atoms with Crippen molar-refractivity contribution in [3.05, 3.63) is 0 Å². The molecule has 1 N–H and O–H groups in total. The molecule has 2 unspecified atom stereocenters. The standard InChI is InChI=1S/C12H27NO/c1-5-9-13-11(3)12(6-2)8-7-10-14-4/h11-13H,5-10H2,1-4H3. The van der Waals surface area contributed by atoms with E-state index in [4.69, 9.17) is 4.74 Å². The Bertz CT molecular complexity index is 117. The topological polar surface area (TPSA) is 21.3 Å². The van der Waals surface area contributed by atoms with E-state index >= 15 is 0 Å². The van der Waals surface area contributed by atoms with Crippen molar-refractivity contribution in [1.29, 1.82) is 0 Å². The third-order valence-corrected chi connectivity index (χ3v) is 2.87. The van der Waals surface area contributed by atoms with Crippen LogP contribution in [0, 0.1) is 5.92 Å². The summed E-state index contributed by atoms with van der Waals surface area (Å²) in [6, 6.07) is 0.650. The predicted octanol–water partition coefficient (Wildman–Crippen LogP) is 2.83. The van der Waals surface area contributed by atoms with Crippen LogP contribution in [-0.4, -0.2) is 26.3 Å². The molecule has 0 heterocycles. The highest BCUT2D eigenvalue weighted by atomic mass is 16.5. The second-order valence-electron chi connectivity index (χ2n) is 4.05. The van der Waals surface area contributed by atoms with Crippen molar-refractivity contribution in [2.45, 2.75) is 52.5 Å². The summed E-state index contributed by atoms with van der Waals surface area (Å²) in [5.74, 6) is 0.802. The highest BCUT2D eigenvalue weighted by molar-refractivity contribution is 4.70. The summed E-state index contributed by atoms with van der Waals surface area (Å²) in [7, 11) is 1.78. The average molecular weight is 201 g/mol. The summed E-state index contributed by atoms with van der Waals surface area (Å²) < 4.78 is 5.08. The van der Waals surface area contributed by atoms with Crippen LogP contribution in [0.15, 0.2) is 0 Å². The van der Waals surface area contributed by atoms with Crippen LogP contribution in [0.3, 0.4) is 0 Å². The highest BCUT2D eigenvalue weighted by Crippen LogP contribution is 2.15. The molecule has 0 amide bonds. The molecule has 0 aromatic carbocycles. The molecule has 0 aliphatic heterocycles. The molecule has 0 bridgehead atoms. The van der Waals surface area contributed by atoms with Gasteiger partial charge < -0.3 is 10.1 Å². The van der Waals surface area contributed by atoms with Crippen LogP contribution in [0.25, 0.3) is 0 Å². The van der Waals surface area contributed by atoms with Crippen LogP contribution in [0.4, 0.5) is 0 Å². The molecule has 14 heavy (non-hydrogen) atoms. The molecule has 2 heteroatoms. The molecule has 0 aliphatic carbocycles. The van der Waals surface area contributed by atoms with Gasteiger partial charge in [-0.2, -0.15) is 0 Å². The Hall–Kier alpha value is -0.0800. The Kier molecular flexibility index (Phi) is 9.42. The summed E-state index contributed by atoms with van der Waals surface area (Å²) in [6.07, 6.45) is 4.95. The van der Waals surface area contributed by atoms with Gasteiger partial charge in [0, 0.05) is 19.8 Å². The van der Waals surface area contributed by atoms with Crippen molar-refractivity contribution >= 4 is 0 Å². The normalized spacial score (nSPS) is 15.4. The molecular weight excluding hydrogens is 174 g/mol. The summed E-state index contributed by atoms with van der Waals surface area (Å²) in [5, 5.41) is 3.57. The Morgan fingerprint density at radius 1 is 1.29 bits per heavy atom. The Balaban J connectivity index is 3.62. The van der Waals surface area contributed by atoms with Crippen molar-refractivity contribution in [1.82, 2.24) is 5.32 Å². The Labute approximate surface area is 89.4 Å². The molecule has 2 atom stereocenters. The lowest BCUT2D eigenvalue weighted by Gasteiger charge is -2.23. The fraction of sp³-hybridized carbons (Fsp3) is 1.00. The van der Waals surface area contributed by atoms with E-state index < -0.39 is 0 Å². The summed E-state index contributed by atoms with van der Waals surface area (Å²) in [5.41, 5.74) is 0. The smallest absolute Gasteiger partial charge is 0.0462 e. The van der Waals surface area contributed by atoms with Crippen molar-refractivity contribution in [2.24, 2.45) is 5.92 Å². The third-order valence-electron chi connectivity index (χ3n) is 2.87. The van der Waals surface area contributed by atoms with E-state index in [2.05, 4.69) is 26.1 Å². The second kappa shape index (κ2) is 9.47. The molecular formula is C12H27NO. The van der Waals surface area contributed by atoms with E-state index in [0.29, 0.717) is 6.04 Å². The highest BCUT2D eigenvalue weighted by Gasteiger charge is 2.13. The van der Waals surface area contributed by atoms with Crippen molar-refractivity contribution in [2.75, 3.05) is 20.3 Å². The van der Waals surface area contributed by atoms with Crippen LogP contribution < -0.4 is 5.32 Å². The molecule has 86 valence electrons. The number of rotatable bonds is 9. The van der Waals surface area contributed by atoms with E-state index in [-0.39, 0.29) is 0 Å². The molecule has 0 rings (SSSR count). The van der Waals surface area contributed by atoms with Gasteiger partial charge in [-0.05, 0) is 38.6 Å². The summed E-state index contributed by atoms with van der Waals surface area (Å²) in [4.78, 5) is 0. The summed E-state index contributed by atoms with van der Waals surface area (Å²) in [6.45, 7) is 8.84. The van der Waals surface area contributed by atoms with Crippen LogP contribution in [0.5, 0.6) is 0 Å². The van der Waals surface area contributed by atoms with Gasteiger partial charge in [-0.1, -0.05) is 20.3 Å². The van der Waals surface area contributed by atoms with E-state index in [9.17, 15) is 0 Å². The fourth-order valence-electron chi connectivity index (χ4n) is 1.84. The SMILES string of the molecule is CCCNC(C)C(CC)CCCOC. The third kappa shape index (κ3) is 6.39. The van der Waals surface area contributed by atoms with Gasteiger partial charge in [-0.25, -0.2) is 0 Å². The van der Waals surface area contributed by atoms with Crippen LogP contribution in [0.2, 0.25) is 0 Å². The zero-order chi connectivity index (χ0) is 10.8. The maximum Gasteiger partial charge on any atom is 0.0462 e. The van der Waals surface area contributed by atoms with Gasteiger partial charge in [0.25, 0.3) is 0 Å². The molecule has 0 spiro atoms. The largest absolute Gasteiger partial charge is 0.385 e. The van der Waals surface area contributed by atoms with Gasteiger partial charge >= 0.3 is 0 Å². The number of hydrogen-bond donors (Lipinski definition) is 1. The first-order chi connectivity index (χ1) is 6.76. The molecule has 0 fully saturated rings. The summed E-state index contributed by atoms with van der Waals surface area (Å²) >= 11 is 0. The van der Waals surface area contributed by atoms with Gasteiger partial charge in [0.15, 0.2) is 0 Å². The van der Waals surface area contributed by atoms with Gasteiger partial charge in [0.05, 0.1) is 0 Å². The van der Waals surface area contributed by atoms with Crippen molar-refractivity contribution in [3.63, 3.8) is 0 Å². The van der Waals surface area contributed by atoms with E-state index in [0.717, 1.165) is 19.1 Å². The minimum atomic E-state index is 0.650. The molecule has 0 aliphatic rings. The number of hydrogen-bond acceptors (Lipinski definition) is 2. The minimum absolute atomic E-state index is 0.650. The first-order valence-corrected chi connectivity index (χ1v) is 5.98. The molecule has 0 radical (unpaired) electrons. The van der Waals surface area contributed by atoms with E-state index in [1.165, 1.54) is 25.7 Å². The molecule has 0 saturated carbocycles. The van der Waals surface area contributed by atoms with E-state index in [1.807, 2.05) is 0 Å². The zero-order valence-corrected chi connectivity index (χ0v) is 10.3. The van der Waals surface area contributed by atoms with Crippen LogP contribution in [-0.2, 0) is 4.74 Å². The molecule has 0 aromatic heterocycles. The average Bonchev–Trinajstić information content (AvgIpc) is 2.21. The van der Waals surface area contributed by atoms with Crippen LogP contribution >= 0.6 is 0 Å². The number of methoxy groups -OCH3 is 1. The predicted molar refractivity (Wildman–Crippen MR) is 62.6 cm³/mol. The minimum Gasteiger partial charge on any atom is -0.385 e. The van der Waals surface area contributed by atoms with Crippen molar-refractivity contribution in [3.8, 4) is 0 Å². The van der Waals surface area contributed by atoms with Gasteiger partial charge in [-0.15, -0.1) is 0 Å². The zero-order valence-electron chi connectivity index (χ0n) is 10.3. The van der Waals surface area contributed by atoms with Gasteiger partial charge in [0.2, 0.25) is 0 Å². The lowest BCUT2D eigenvalue weighted by Crippen LogP contribution is -2.33. The molecule has 0 aromatic rings. The first-order valence-electron chi connectivity index (χ1n) is 5.98. The number of ether oxygens (including phenoxy) is 1. The second-order valence-corrected chi connectivity index (χ2v) is 4.05.